The lowest BCUT2D eigenvalue weighted by molar-refractivity contribution is -0.120. The second-order valence-electron chi connectivity index (χ2n) is 17.6. The van der Waals surface area contributed by atoms with Gasteiger partial charge in [0, 0.05) is 45.6 Å². The van der Waals surface area contributed by atoms with Crippen LogP contribution in [0.4, 0.5) is 10.0 Å². The van der Waals surface area contributed by atoms with E-state index in [1.54, 1.807) is 22.7 Å². The van der Waals surface area contributed by atoms with E-state index in [1.165, 1.54) is 89.7 Å². The second kappa shape index (κ2) is 11.8. The number of Topliss-reactive ketones (excluding diaryl/α,β-unsaturated/α-hetero) is 4. The zero-order valence-electron chi connectivity index (χ0n) is 30.4. The smallest absolute Gasteiger partial charge is 0.188 e. The first-order valence-electron chi connectivity index (χ1n) is 20.6. The van der Waals surface area contributed by atoms with Gasteiger partial charge in [0.25, 0.3) is 0 Å². The fraction of sp³-hybridized carbons (Fsp3) is 0.545. The topological polar surface area (TPSA) is 93.0 Å². The van der Waals surface area contributed by atoms with Gasteiger partial charge in [-0.1, -0.05) is 64.2 Å². The van der Waals surface area contributed by atoms with Crippen LogP contribution in [0.3, 0.4) is 0 Å². The fourth-order valence-corrected chi connectivity index (χ4v) is 18.4. The Hall–Kier alpha value is -2.92. The highest BCUT2D eigenvalue weighted by Gasteiger charge is 2.54. The molecule has 6 saturated carbocycles. The van der Waals surface area contributed by atoms with Gasteiger partial charge < -0.3 is 0 Å². The molecule has 54 heavy (non-hydrogen) atoms. The SMILES string of the molecule is O=C1C(=Nc2cc3c(s2)-c2sc4c5c(sc4c2C32CCCCC2)-c2sc(N=C3C(=O)C4CCCCC4C3=O)cc2C52CCCCC2)C(=O)C2CCCCC12. The van der Waals surface area contributed by atoms with Crippen molar-refractivity contribution in [2.45, 2.75) is 126 Å². The minimum atomic E-state index is -0.157. The van der Waals surface area contributed by atoms with E-state index >= 15 is 0 Å². The summed E-state index contributed by atoms with van der Waals surface area (Å²) in [6.45, 7) is 0. The number of ketones is 4. The third-order valence-corrected chi connectivity index (χ3v) is 20.0. The Morgan fingerprint density at radius 1 is 0.444 bits per heavy atom. The highest BCUT2D eigenvalue weighted by Crippen LogP contribution is 2.70. The Morgan fingerprint density at radius 3 is 1.15 bits per heavy atom. The summed E-state index contributed by atoms with van der Waals surface area (Å²) >= 11 is 7.39. The molecule has 8 aliphatic rings. The van der Waals surface area contributed by atoms with Crippen LogP contribution in [0.15, 0.2) is 22.1 Å². The molecule has 0 aromatic carbocycles. The van der Waals surface area contributed by atoms with Crippen LogP contribution in [0.25, 0.3) is 28.9 Å². The third-order valence-electron chi connectivity index (χ3n) is 15.0. The molecule has 4 aromatic heterocycles. The third kappa shape index (κ3) is 4.27. The summed E-state index contributed by atoms with van der Waals surface area (Å²) in [5.74, 6) is -0.693. The molecule has 6 fully saturated rings. The van der Waals surface area contributed by atoms with Gasteiger partial charge in [0.15, 0.2) is 34.6 Å². The predicted molar refractivity (Wildman–Crippen MR) is 219 cm³/mol. The molecule has 276 valence electrons. The van der Waals surface area contributed by atoms with Crippen LogP contribution < -0.4 is 0 Å². The Morgan fingerprint density at radius 2 is 0.796 bits per heavy atom. The molecule has 2 spiro atoms. The van der Waals surface area contributed by atoms with E-state index < -0.39 is 0 Å². The van der Waals surface area contributed by atoms with Gasteiger partial charge in [-0.2, -0.15) is 0 Å². The predicted octanol–water partition coefficient (Wildman–Crippen LogP) is 11.6. The summed E-state index contributed by atoms with van der Waals surface area (Å²) in [6, 6.07) is 4.52. The highest BCUT2D eigenvalue weighted by molar-refractivity contribution is 7.35. The molecular weight excluding hydrogens is 749 g/mol. The number of hydrogen-bond donors (Lipinski definition) is 0. The van der Waals surface area contributed by atoms with Crippen molar-refractivity contribution in [2.24, 2.45) is 33.7 Å². The number of rotatable bonds is 2. The summed E-state index contributed by atoms with van der Waals surface area (Å²) in [5.41, 5.74) is 6.16. The summed E-state index contributed by atoms with van der Waals surface area (Å²) in [5, 5.41) is 1.65. The van der Waals surface area contributed by atoms with Crippen molar-refractivity contribution in [3.8, 4) is 19.5 Å². The van der Waals surface area contributed by atoms with E-state index in [-0.39, 0.29) is 69.1 Å². The standard InChI is InChI=1S/C44H42N2O4S4/c47-33-21-11-3-4-12-22(21)34(48)31(33)45-27-19-25-37(51-27)39-29(43(25)15-7-1-8-16-43)41-42(53-39)30-40(54-41)38-26(44(30)17-9-2-10-18-44)20-28(52-38)46-32-35(49)23-13-5-6-14-24(23)36(32)50/h19-24H,1-18H2. The lowest BCUT2D eigenvalue weighted by atomic mass is 9.67. The highest BCUT2D eigenvalue weighted by atomic mass is 32.1. The van der Waals surface area contributed by atoms with Crippen LogP contribution in [0.2, 0.25) is 0 Å². The van der Waals surface area contributed by atoms with Crippen molar-refractivity contribution in [3.05, 3.63) is 34.4 Å². The first-order chi connectivity index (χ1) is 26.4. The quantitative estimate of drug-likeness (QED) is 0.202. The van der Waals surface area contributed by atoms with Gasteiger partial charge in [-0.25, -0.2) is 9.98 Å². The van der Waals surface area contributed by atoms with E-state index in [1.807, 2.05) is 22.7 Å². The zero-order valence-corrected chi connectivity index (χ0v) is 33.6. The molecular formula is C44H42N2O4S4. The number of carbonyl (C=O) groups excluding carboxylic acids is 4. The molecule has 4 unspecified atom stereocenters. The number of carbonyl (C=O) groups is 4. The summed E-state index contributed by atoms with van der Waals surface area (Å²) < 4.78 is 2.93. The number of hydrogen-bond acceptors (Lipinski definition) is 10. The van der Waals surface area contributed by atoms with Gasteiger partial charge in [-0.05, 0) is 74.6 Å². The molecule has 0 saturated heterocycles. The van der Waals surface area contributed by atoms with Gasteiger partial charge in [0.05, 0.1) is 28.9 Å². The first-order valence-corrected chi connectivity index (χ1v) is 23.9. The van der Waals surface area contributed by atoms with Gasteiger partial charge in [0.2, 0.25) is 0 Å². The van der Waals surface area contributed by atoms with Crippen molar-refractivity contribution in [1.29, 1.82) is 0 Å². The molecule has 12 rings (SSSR count). The first kappa shape index (κ1) is 33.2. The van der Waals surface area contributed by atoms with Crippen molar-refractivity contribution < 1.29 is 19.2 Å². The van der Waals surface area contributed by atoms with E-state index in [4.69, 9.17) is 9.98 Å². The van der Waals surface area contributed by atoms with Crippen LogP contribution in [0.1, 0.15) is 138 Å². The molecule has 0 N–H and O–H groups in total. The molecule has 8 aliphatic carbocycles. The van der Waals surface area contributed by atoms with Crippen LogP contribution >= 0.6 is 45.3 Å². The van der Waals surface area contributed by atoms with Crippen molar-refractivity contribution >= 4 is 99.3 Å². The van der Waals surface area contributed by atoms with Crippen molar-refractivity contribution in [2.75, 3.05) is 0 Å². The number of thiophene rings is 4. The Balaban J connectivity index is 0.990. The normalized spacial score (nSPS) is 28.9. The molecule has 4 heterocycles. The molecule has 0 amide bonds. The zero-order chi connectivity index (χ0) is 36.1. The maximum absolute atomic E-state index is 13.4. The van der Waals surface area contributed by atoms with E-state index in [9.17, 15) is 19.2 Å². The number of nitrogens with zero attached hydrogens (tertiary/aromatic N) is 2. The summed E-state index contributed by atoms with van der Waals surface area (Å²) in [6.07, 6.45) is 19.2. The van der Waals surface area contributed by atoms with E-state index in [0.717, 1.165) is 87.1 Å². The fourth-order valence-electron chi connectivity index (χ4n) is 12.6. The number of aliphatic imine (C=N–C) groups is 2. The molecule has 4 atom stereocenters. The lowest BCUT2D eigenvalue weighted by Crippen LogP contribution is -2.28. The maximum atomic E-state index is 13.4. The average Bonchev–Trinajstić information content (AvgIpc) is 4.07. The Kier molecular flexibility index (Phi) is 7.27. The van der Waals surface area contributed by atoms with Gasteiger partial charge in [0.1, 0.15) is 10.0 Å². The van der Waals surface area contributed by atoms with Crippen LogP contribution in [-0.4, -0.2) is 34.6 Å². The molecule has 0 bridgehead atoms. The average molecular weight is 791 g/mol. The molecule has 0 radical (unpaired) electrons. The van der Waals surface area contributed by atoms with Gasteiger partial charge >= 0.3 is 0 Å². The molecule has 10 heteroatoms. The molecule has 4 aromatic rings. The lowest BCUT2D eigenvalue weighted by Gasteiger charge is -2.35. The van der Waals surface area contributed by atoms with Crippen molar-refractivity contribution in [3.63, 3.8) is 0 Å². The van der Waals surface area contributed by atoms with Crippen molar-refractivity contribution in [1.82, 2.24) is 0 Å². The van der Waals surface area contributed by atoms with Crippen LogP contribution in [0, 0.1) is 23.7 Å². The number of fused-ring (bicyclic) bond motifs is 15. The Labute approximate surface area is 330 Å². The summed E-state index contributed by atoms with van der Waals surface area (Å²) in [4.78, 5) is 69.0. The Bertz CT molecular complexity index is 2220. The molecule has 6 nitrogen and oxygen atoms in total. The van der Waals surface area contributed by atoms with Crippen LogP contribution in [-0.2, 0) is 30.0 Å². The monoisotopic (exact) mass is 790 g/mol. The minimum Gasteiger partial charge on any atom is -0.292 e. The van der Waals surface area contributed by atoms with Gasteiger partial charge in [-0.15, -0.1) is 45.3 Å². The largest absolute Gasteiger partial charge is 0.292 e. The van der Waals surface area contributed by atoms with Crippen LogP contribution in [0.5, 0.6) is 0 Å². The maximum Gasteiger partial charge on any atom is 0.188 e. The van der Waals surface area contributed by atoms with E-state index in [0.29, 0.717) is 0 Å². The molecule has 0 aliphatic heterocycles. The second-order valence-corrected chi connectivity index (χ2v) is 21.7. The van der Waals surface area contributed by atoms with E-state index in [2.05, 4.69) is 12.1 Å². The van der Waals surface area contributed by atoms with Gasteiger partial charge in [-0.3, -0.25) is 19.2 Å². The summed E-state index contributed by atoms with van der Waals surface area (Å²) in [7, 11) is 0. The minimum absolute atomic E-state index is 0.0159.